The summed E-state index contributed by atoms with van der Waals surface area (Å²) in [5, 5.41) is 4.02. The molecule has 0 spiro atoms. The Bertz CT molecular complexity index is 1470. The Morgan fingerprint density at radius 2 is 1.64 bits per heavy atom. The summed E-state index contributed by atoms with van der Waals surface area (Å²) in [6.45, 7) is 5.81. The van der Waals surface area contributed by atoms with Crippen molar-refractivity contribution in [3.8, 4) is 17.2 Å². The van der Waals surface area contributed by atoms with Crippen molar-refractivity contribution >= 4 is 39.0 Å². The predicted octanol–water partition coefficient (Wildman–Crippen LogP) is 4.32. The number of methoxy groups -OCH3 is 3. The molecule has 4 aromatic rings. The van der Waals surface area contributed by atoms with Crippen molar-refractivity contribution in [3.05, 3.63) is 64.8 Å². The van der Waals surface area contributed by atoms with E-state index in [9.17, 15) is 4.79 Å². The van der Waals surface area contributed by atoms with Crippen molar-refractivity contribution in [1.82, 2.24) is 15.3 Å². The molecule has 1 aliphatic rings. The Morgan fingerprint density at radius 3 is 2.38 bits per heavy atom. The molecule has 9 nitrogen and oxygen atoms in total. The van der Waals surface area contributed by atoms with Crippen LogP contribution in [0.3, 0.4) is 0 Å². The lowest BCUT2D eigenvalue weighted by Crippen LogP contribution is -2.47. The number of amides is 1. The first-order chi connectivity index (χ1) is 19.0. The molecule has 2 aromatic heterocycles. The molecule has 1 N–H and O–H groups in total. The Labute approximate surface area is 232 Å². The quantitative estimate of drug-likeness (QED) is 0.331. The lowest BCUT2D eigenvalue weighted by molar-refractivity contribution is 0.0957. The zero-order valence-electron chi connectivity index (χ0n) is 22.7. The van der Waals surface area contributed by atoms with Gasteiger partial charge in [-0.05, 0) is 48.7 Å². The maximum absolute atomic E-state index is 13.2. The van der Waals surface area contributed by atoms with Crippen molar-refractivity contribution < 1.29 is 19.0 Å². The molecule has 0 saturated carbocycles. The van der Waals surface area contributed by atoms with Gasteiger partial charge in [-0.3, -0.25) is 4.79 Å². The van der Waals surface area contributed by atoms with E-state index in [4.69, 9.17) is 14.2 Å². The molecule has 2 aromatic carbocycles. The predicted molar refractivity (Wildman–Crippen MR) is 155 cm³/mol. The van der Waals surface area contributed by atoms with Crippen LogP contribution in [0.1, 0.15) is 20.8 Å². The maximum atomic E-state index is 13.2. The van der Waals surface area contributed by atoms with E-state index < -0.39 is 0 Å². The number of aryl methyl sites for hydroxylation is 1. The smallest absolute Gasteiger partial charge is 0.261 e. The van der Waals surface area contributed by atoms with Crippen molar-refractivity contribution in [3.63, 3.8) is 0 Å². The molecule has 204 valence electrons. The van der Waals surface area contributed by atoms with Crippen LogP contribution in [0.2, 0.25) is 0 Å². The van der Waals surface area contributed by atoms with Crippen molar-refractivity contribution in [2.75, 3.05) is 63.9 Å². The van der Waals surface area contributed by atoms with Crippen molar-refractivity contribution in [1.29, 1.82) is 0 Å². The second-order valence-corrected chi connectivity index (χ2v) is 10.3. The summed E-state index contributed by atoms with van der Waals surface area (Å²) in [6, 6.07) is 13.9. The highest BCUT2D eigenvalue weighted by molar-refractivity contribution is 7.20. The van der Waals surface area contributed by atoms with Crippen LogP contribution in [0.4, 0.5) is 11.5 Å². The third kappa shape index (κ3) is 5.42. The number of carbonyl (C=O) groups excluding carboxylic acids is 1. The number of fused-ring (bicyclic) bond motifs is 1. The van der Waals surface area contributed by atoms with Crippen LogP contribution in [0.15, 0.2) is 48.8 Å². The van der Waals surface area contributed by atoms with Gasteiger partial charge in [-0.2, -0.15) is 0 Å². The SMILES string of the molecule is COc1ccc(CCNC(=O)c2sc3ncnc(N4CCN(c5ccccc5OC)CC4)c3c2C)cc1OC. The molecule has 39 heavy (non-hydrogen) atoms. The summed E-state index contributed by atoms with van der Waals surface area (Å²) in [5.41, 5.74) is 3.08. The number of nitrogens with zero attached hydrogens (tertiary/aromatic N) is 4. The molecule has 0 unspecified atom stereocenters. The summed E-state index contributed by atoms with van der Waals surface area (Å²) in [5.74, 6) is 3.03. The van der Waals surface area contributed by atoms with E-state index in [1.54, 1.807) is 27.7 Å². The monoisotopic (exact) mass is 547 g/mol. The topological polar surface area (TPSA) is 89.0 Å². The van der Waals surface area contributed by atoms with Gasteiger partial charge in [0.2, 0.25) is 0 Å². The molecule has 10 heteroatoms. The van der Waals surface area contributed by atoms with Crippen LogP contribution in [-0.4, -0.2) is 69.9 Å². The minimum absolute atomic E-state index is 0.0945. The number of piperazine rings is 1. The number of aromatic nitrogens is 2. The standard InChI is InChI=1S/C29H33N5O4S/c1-19-25-27(34-15-13-33(14-16-34)21-7-5-6-8-22(21)36-2)31-18-32-29(25)39-26(19)28(35)30-12-11-20-9-10-23(37-3)24(17-20)38-4/h5-10,17-18H,11-16H2,1-4H3,(H,30,35). The summed E-state index contributed by atoms with van der Waals surface area (Å²) in [4.78, 5) is 28.4. The van der Waals surface area contributed by atoms with Gasteiger partial charge in [0.25, 0.3) is 5.91 Å². The van der Waals surface area contributed by atoms with E-state index in [1.165, 1.54) is 11.3 Å². The number of para-hydroxylation sites is 2. The van der Waals surface area contributed by atoms with Gasteiger partial charge in [0.05, 0.1) is 37.3 Å². The van der Waals surface area contributed by atoms with E-state index in [1.807, 2.05) is 43.3 Å². The Kier molecular flexibility index (Phi) is 8.02. The zero-order chi connectivity index (χ0) is 27.4. The van der Waals surface area contributed by atoms with Gasteiger partial charge < -0.3 is 29.3 Å². The first-order valence-electron chi connectivity index (χ1n) is 12.9. The molecule has 3 heterocycles. The van der Waals surface area contributed by atoms with Gasteiger partial charge in [-0.15, -0.1) is 11.3 Å². The molecule has 1 amide bonds. The van der Waals surface area contributed by atoms with Gasteiger partial charge in [0.15, 0.2) is 11.5 Å². The minimum Gasteiger partial charge on any atom is -0.495 e. The van der Waals surface area contributed by atoms with Gasteiger partial charge in [-0.25, -0.2) is 9.97 Å². The fourth-order valence-electron chi connectivity index (χ4n) is 5.00. The highest BCUT2D eigenvalue weighted by Crippen LogP contribution is 2.36. The fourth-order valence-corrected chi connectivity index (χ4v) is 6.06. The second kappa shape index (κ2) is 11.8. The van der Waals surface area contributed by atoms with Gasteiger partial charge in [0.1, 0.15) is 22.7 Å². The average molecular weight is 548 g/mol. The third-order valence-electron chi connectivity index (χ3n) is 7.07. The number of thiophene rings is 1. The zero-order valence-corrected chi connectivity index (χ0v) is 23.5. The van der Waals surface area contributed by atoms with Gasteiger partial charge in [-0.1, -0.05) is 18.2 Å². The summed E-state index contributed by atoms with van der Waals surface area (Å²) in [6.07, 6.45) is 2.27. The highest BCUT2D eigenvalue weighted by atomic mass is 32.1. The molecular weight excluding hydrogens is 514 g/mol. The van der Waals surface area contributed by atoms with Gasteiger partial charge >= 0.3 is 0 Å². The highest BCUT2D eigenvalue weighted by Gasteiger charge is 2.25. The van der Waals surface area contributed by atoms with E-state index in [2.05, 4.69) is 31.2 Å². The number of ether oxygens (including phenoxy) is 3. The number of anilines is 2. The van der Waals surface area contributed by atoms with Crippen molar-refractivity contribution in [2.45, 2.75) is 13.3 Å². The molecule has 0 atom stereocenters. The Balaban J connectivity index is 1.27. The first kappa shape index (κ1) is 26.6. The lowest BCUT2D eigenvalue weighted by Gasteiger charge is -2.37. The van der Waals surface area contributed by atoms with E-state index >= 15 is 0 Å². The Morgan fingerprint density at radius 1 is 0.923 bits per heavy atom. The molecular formula is C29H33N5O4S. The molecule has 0 aliphatic carbocycles. The van der Waals surface area contributed by atoms with Crippen molar-refractivity contribution in [2.24, 2.45) is 0 Å². The molecule has 0 bridgehead atoms. The molecule has 0 radical (unpaired) electrons. The number of rotatable bonds is 9. The van der Waals surface area contributed by atoms with E-state index in [0.29, 0.717) is 29.3 Å². The molecule has 5 rings (SSSR count). The van der Waals surface area contributed by atoms with Crippen LogP contribution < -0.4 is 29.3 Å². The number of carbonyl (C=O) groups is 1. The molecule has 1 fully saturated rings. The summed E-state index contributed by atoms with van der Waals surface area (Å²) < 4.78 is 16.3. The lowest BCUT2D eigenvalue weighted by atomic mass is 10.1. The van der Waals surface area contributed by atoms with E-state index in [0.717, 1.165) is 64.8 Å². The van der Waals surface area contributed by atoms with Crippen LogP contribution in [-0.2, 0) is 6.42 Å². The Hall–Kier alpha value is -4.05. The average Bonchev–Trinajstić information content (AvgIpc) is 3.33. The van der Waals surface area contributed by atoms with Crippen LogP contribution >= 0.6 is 11.3 Å². The number of hydrogen-bond donors (Lipinski definition) is 1. The summed E-state index contributed by atoms with van der Waals surface area (Å²) in [7, 11) is 4.93. The second-order valence-electron chi connectivity index (χ2n) is 9.27. The summed E-state index contributed by atoms with van der Waals surface area (Å²) >= 11 is 1.42. The van der Waals surface area contributed by atoms with Crippen LogP contribution in [0, 0.1) is 6.92 Å². The van der Waals surface area contributed by atoms with E-state index in [-0.39, 0.29) is 5.91 Å². The maximum Gasteiger partial charge on any atom is 0.261 e. The minimum atomic E-state index is -0.0945. The fraction of sp³-hybridized carbons (Fsp3) is 0.345. The largest absolute Gasteiger partial charge is 0.495 e. The number of nitrogens with one attached hydrogen (secondary N) is 1. The normalized spacial score (nSPS) is 13.4. The van der Waals surface area contributed by atoms with Crippen LogP contribution in [0.5, 0.6) is 17.2 Å². The number of benzene rings is 2. The molecule has 1 aliphatic heterocycles. The van der Waals surface area contributed by atoms with Crippen LogP contribution in [0.25, 0.3) is 10.2 Å². The molecule has 1 saturated heterocycles. The first-order valence-corrected chi connectivity index (χ1v) is 13.7. The third-order valence-corrected chi connectivity index (χ3v) is 8.26. The van der Waals surface area contributed by atoms with Gasteiger partial charge in [0, 0.05) is 32.7 Å². The number of hydrogen-bond acceptors (Lipinski definition) is 9.